The Bertz CT molecular complexity index is 512. The normalized spacial score (nSPS) is 9.95. The van der Waals surface area contributed by atoms with Crippen molar-refractivity contribution in [3.8, 4) is 11.5 Å². The summed E-state index contributed by atoms with van der Waals surface area (Å²) >= 11 is 0. The van der Waals surface area contributed by atoms with Crippen molar-refractivity contribution in [2.45, 2.75) is 0 Å². The number of rotatable bonds is 6. The molecular weight excluding hydrogens is 240 g/mol. The number of methoxy groups -OCH3 is 1. The molecule has 0 aliphatic carbocycles. The first kappa shape index (κ1) is 13.1. The van der Waals surface area contributed by atoms with Crippen LogP contribution in [0, 0.1) is 0 Å². The van der Waals surface area contributed by atoms with Crippen LogP contribution in [0.15, 0.2) is 48.5 Å². The van der Waals surface area contributed by atoms with Crippen LogP contribution in [-0.4, -0.2) is 20.3 Å². The fraction of sp³-hybridized carbons (Fsp3) is 0.200. The SMILES string of the molecule is COc1cccc(OCCNc2ccc(N)cc2)c1. The summed E-state index contributed by atoms with van der Waals surface area (Å²) in [6.45, 7) is 1.30. The molecule has 0 saturated carbocycles. The van der Waals surface area contributed by atoms with E-state index in [0.29, 0.717) is 6.61 Å². The number of hydrogen-bond acceptors (Lipinski definition) is 4. The number of anilines is 2. The Kier molecular flexibility index (Phi) is 4.50. The lowest BCUT2D eigenvalue weighted by molar-refractivity contribution is 0.329. The molecule has 100 valence electrons. The summed E-state index contributed by atoms with van der Waals surface area (Å²) in [6, 6.07) is 15.2. The average Bonchev–Trinajstić information content (AvgIpc) is 2.46. The molecule has 0 fully saturated rings. The molecule has 2 aromatic rings. The van der Waals surface area contributed by atoms with E-state index in [4.69, 9.17) is 15.2 Å². The predicted molar refractivity (Wildman–Crippen MR) is 77.8 cm³/mol. The lowest BCUT2D eigenvalue weighted by atomic mass is 10.3. The highest BCUT2D eigenvalue weighted by Gasteiger charge is 1.96. The predicted octanol–water partition coefficient (Wildman–Crippen LogP) is 2.77. The van der Waals surface area contributed by atoms with Crippen molar-refractivity contribution in [1.29, 1.82) is 0 Å². The third-order valence-corrected chi connectivity index (χ3v) is 2.65. The summed E-state index contributed by atoms with van der Waals surface area (Å²) in [5, 5.41) is 3.26. The number of nitrogens with two attached hydrogens (primary N) is 1. The van der Waals surface area contributed by atoms with E-state index in [1.807, 2.05) is 48.5 Å². The van der Waals surface area contributed by atoms with Gasteiger partial charge in [0.2, 0.25) is 0 Å². The molecule has 4 nitrogen and oxygen atoms in total. The van der Waals surface area contributed by atoms with Crippen LogP contribution >= 0.6 is 0 Å². The monoisotopic (exact) mass is 258 g/mol. The Morgan fingerprint density at radius 1 is 1.05 bits per heavy atom. The lowest BCUT2D eigenvalue weighted by Gasteiger charge is -2.09. The maximum absolute atomic E-state index is 5.63. The van der Waals surface area contributed by atoms with Gasteiger partial charge in [-0.15, -0.1) is 0 Å². The van der Waals surface area contributed by atoms with Crippen LogP contribution in [0.5, 0.6) is 11.5 Å². The van der Waals surface area contributed by atoms with Crippen molar-refractivity contribution < 1.29 is 9.47 Å². The molecule has 0 heterocycles. The molecule has 0 bridgehead atoms. The van der Waals surface area contributed by atoms with Crippen molar-refractivity contribution in [3.05, 3.63) is 48.5 Å². The van der Waals surface area contributed by atoms with Crippen LogP contribution in [0.2, 0.25) is 0 Å². The van der Waals surface area contributed by atoms with E-state index in [-0.39, 0.29) is 0 Å². The third kappa shape index (κ3) is 4.10. The highest BCUT2D eigenvalue weighted by Crippen LogP contribution is 2.18. The Morgan fingerprint density at radius 2 is 1.79 bits per heavy atom. The van der Waals surface area contributed by atoms with Gasteiger partial charge in [-0.05, 0) is 36.4 Å². The first-order valence-corrected chi connectivity index (χ1v) is 6.14. The molecule has 0 aliphatic rings. The fourth-order valence-electron chi connectivity index (χ4n) is 1.66. The first-order chi connectivity index (χ1) is 9.28. The van der Waals surface area contributed by atoms with Gasteiger partial charge >= 0.3 is 0 Å². The van der Waals surface area contributed by atoms with Gasteiger partial charge in [0.1, 0.15) is 18.1 Å². The van der Waals surface area contributed by atoms with Crippen molar-refractivity contribution >= 4 is 11.4 Å². The highest BCUT2D eigenvalue weighted by molar-refractivity contribution is 5.51. The van der Waals surface area contributed by atoms with E-state index >= 15 is 0 Å². The number of nitrogen functional groups attached to an aromatic ring is 1. The van der Waals surface area contributed by atoms with Crippen molar-refractivity contribution in [3.63, 3.8) is 0 Å². The minimum atomic E-state index is 0.581. The summed E-state index contributed by atoms with van der Waals surface area (Å²) in [5.41, 5.74) is 7.41. The zero-order valence-electron chi connectivity index (χ0n) is 10.9. The fourth-order valence-corrected chi connectivity index (χ4v) is 1.66. The zero-order chi connectivity index (χ0) is 13.5. The maximum atomic E-state index is 5.63. The van der Waals surface area contributed by atoms with Gasteiger partial charge in [-0.3, -0.25) is 0 Å². The standard InChI is InChI=1S/C15H18N2O2/c1-18-14-3-2-4-15(11-14)19-10-9-17-13-7-5-12(16)6-8-13/h2-8,11,17H,9-10,16H2,1H3. The third-order valence-electron chi connectivity index (χ3n) is 2.65. The van der Waals surface area contributed by atoms with E-state index in [0.717, 1.165) is 29.4 Å². The molecule has 0 saturated heterocycles. The minimum absolute atomic E-state index is 0.581. The Hall–Kier alpha value is -2.36. The molecule has 19 heavy (non-hydrogen) atoms. The molecule has 0 spiro atoms. The lowest BCUT2D eigenvalue weighted by Crippen LogP contribution is -2.11. The topological polar surface area (TPSA) is 56.5 Å². The van der Waals surface area contributed by atoms with Gasteiger partial charge in [-0.25, -0.2) is 0 Å². The highest BCUT2D eigenvalue weighted by atomic mass is 16.5. The maximum Gasteiger partial charge on any atom is 0.123 e. The van der Waals surface area contributed by atoms with Crippen molar-refractivity contribution in [2.75, 3.05) is 31.3 Å². The Balaban J connectivity index is 1.75. The molecule has 0 aromatic heterocycles. The second kappa shape index (κ2) is 6.54. The smallest absolute Gasteiger partial charge is 0.123 e. The van der Waals surface area contributed by atoms with Crippen LogP contribution in [0.25, 0.3) is 0 Å². The van der Waals surface area contributed by atoms with Gasteiger partial charge in [-0.1, -0.05) is 6.07 Å². The van der Waals surface area contributed by atoms with Crippen LogP contribution in [0.3, 0.4) is 0 Å². The molecule has 0 unspecified atom stereocenters. The Labute approximate surface area is 113 Å². The number of nitrogens with one attached hydrogen (secondary N) is 1. The van der Waals surface area contributed by atoms with E-state index in [1.165, 1.54) is 0 Å². The van der Waals surface area contributed by atoms with Gasteiger partial charge in [0.25, 0.3) is 0 Å². The first-order valence-electron chi connectivity index (χ1n) is 6.14. The van der Waals surface area contributed by atoms with Gasteiger partial charge in [0.05, 0.1) is 7.11 Å². The summed E-state index contributed by atoms with van der Waals surface area (Å²) < 4.78 is 10.8. The second-order valence-electron chi connectivity index (χ2n) is 4.08. The second-order valence-corrected chi connectivity index (χ2v) is 4.08. The molecule has 3 N–H and O–H groups in total. The van der Waals surface area contributed by atoms with Crippen LogP contribution < -0.4 is 20.5 Å². The molecular formula is C15H18N2O2. The summed E-state index contributed by atoms with van der Waals surface area (Å²) in [6.07, 6.45) is 0. The van der Waals surface area contributed by atoms with Crippen molar-refractivity contribution in [1.82, 2.24) is 0 Å². The van der Waals surface area contributed by atoms with E-state index < -0.39 is 0 Å². The van der Waals surface area contributed by atoms with E-state index in [1.54, 1.807) is 7.11 Å². The van der Waals surface area contributed by atoms with Gasteiger partial charge < -0.3 is 20.5 Å². The summed E-state index contributed by atoms with van der Waals surface area (Å²) in [4.78, 5) is 0. The Morgan fingerprint density at radius 3 is 2.53 bits per heavy atom. The minimum Gasteiger partial charge on any atom is -0.497 e. The number of hydrogen-bond donors (Lipinski definition) is 2. The molecule has 2 aromatic carbocycles. The van der Waals surface area contributed by atoms with E-state index in [9.17, 15) is 0 Å². The number of benzene rings is 2. The van der Waals surface area contributed by atoms with Crippen molar-refractivity contribution in [2.24, 2.45) is 0 Å². The summed E-state index contributed by atoms with van der Waals surface area (Å²) in [7, 11) is 1.64. The quantitative estimate of drug-likeness (QED) is 0.618. The largest absolute Gasteiger partial charge is 0.497 e. The molecule has 2 rings (SSSR count). The van der Waals surface area contributed by atoms with E-state index in [2.05, 4.69) is 5.32 Å². The average molecular weight is 258 g/mol. The zero-order valence-corrected chi connectivity index (χ0v) is 10.9. The molecule has 0 atom stereocenters. The van der Waals surface area contributed by atoms with Gasteiger partial charge in [0, 0.05) is 24.0 Å². The van der Waals surface area contributed by atoms with Gasteiger partial charge in [-0.2, -0.15) is 0 Å². The molecule has 0 amide bonds. The van der Waals surface area contributed by atoms with Crippen LogP contribution in [0.4, 0.5) is 11.4 Å². The number of ether oxygens (including phenoxy) is 2. The molecule has 0 radical (unpaired) electrons. The molecule has 4 heteroatoms. The molecule has 0 aliphatic heterocycles. The van der Waals surface area contributed by atoms with Gasteiger partial charge in [0.15, 0.2) is 0 Å². The summed E-state index contributed by atoms with van der Waals surface area (Å²) in [5.74, 6) is 1.60. The van der Waals surface area contributed by atoms with Crippen LogP contribution in [0.1, 0.15) is 0 Å². The van der Waals surface area contributed by atoms with Crippen LogP contribution in [-0.2, 0) is 0 Å².